The third kappa shape index (κ3) is 3.98. The zero-order valence-electron chi connectivity index (χ0n) is 13.6. The monoisotopic (exact) mass is 337 g/mol. The number of ketones is 1. The molecule has 0 aliphatic rings. The van der Waals surface area contributed by atoms with Crippen molar-refractivity contribution >= 4 is 17.4 Å². The van der Waals surface area contributed by atoms with Crippen molar-refractivity contribution in [1.82, 2.24) is 9.55 Å². The predicted octanol–water partition coefficient (Wildman–Crippen LogP) is 2.97. The van der Waals surface area contributed by atoms with Gasteiger partial charge in [0.05, 0.1) is 6.42 Å². The van der Waals surface area contributed by atoms with Gasteiger partial charge in [-0.3, -0.25) is 9.59 Å². The Morgan fingerprint density at radius 2 is 1.92 bits per heavy atom. The van der Waals surface area contributed by atoms with Crippen LogP contribution in [-0.4, -0.2) is 21.2 Å². The van der Waals surface area contributed by atoms with Crippen molar-refractivity contribution in [3.05, 3.63) is 83.7 Å². The lowest BCUT2D eigenvalue weighted by atomic mass is 10.1. The van der Waals surface area contributed by atoms with E-state index in [-0.39, 0.29) is 23.9 Å². The molecule has 3 aromatic rings. The number of nitrogens with zero attached hydrogens (tertiary/aromatic N) is 2. The minimum atomic E-state index is -0.373. The van der Waals surface area contributed by atoms with Crippen molar-refractivity contribution in [2.24, 2.45) is 7.05 Å². The van der Waals surface area contributed by atoms with Gasteiger partial charge in [-0.05, 0) is 42.0 Å². The Balaban J connectivity index is 1.65. The number of carbonyl (C=O) groups excluding carboxylic acids is 2. The van der Waals surface area contributed by atoms with Crippen LogP contribution in [0.1, 0.15) is 21.7 Å². The van der Waals surface area contributed by atoms with Crippen LogP contribution < -0.4 is 5.32 Å². The molecule has 3 rings (SSSR count). The van der Waals surface area contributed by atoms with E-state index in [4.69, 9.17) is 0 Å². The lowest BCUT2D eigenvalue weighted by Gasteiger charge is -2.07. The van der Waals surface area contributed by atoms with Gasteiger partial charge in [0.25, 0.3) is 0 Å². The number of carbonyl (C=O) groups is 2. The molecule has 0 bridgehead atoms. The summed E-state index contributed by atoms with van der Waals surface area (Å²) >= 11 is 0. The zero-order valence-corrected chi connectivity index (χ0v) is 13.6. The van der Waals surface area contributed by atoms with Crippen molar-refractivity contribution < 1.29 is 14.0 Å². The summed E-state index contributed by atoms with van der Waals surface area (Å²) in [7, 11) is 1.75. The van der Waals surface area contributed by atoms with Crippen molar-refractivity contribution in [1.29, 1.82) is 0 Å². The van der Waals surface area contributed by atoms with E-state index < -0.39 is 0 Å². The van der Waals surface area contributed by atoms with Gasteiger partial charge >= 0.3 is 0 Å². The predicted molar refractivity (Wildman–Crippen MR) is 91.8 cm³/mol. The van der Waals surface area contributed by atoms with Gasteiger partial charge in [0.15, 0.2) is 5.82 Å². The average Bonchev–Trinajstić information content (AvgIpc) is 3.01. The highest BCUT2D eigenvalue weighted by Gasteiger charge is 2.13. The fourth-order valence-corrected chi connectivity index (χ4v) is 2.46. The molecular weight excluding hydrogens is 321 g/mol. The molecule has 126 valence electrons. The molecule has 1 aromatic heterocycles. The van der Waals surface area contributed by atoms with Crippen LogP contribution in [0, 0.1) is 5.82 Å². The minimum absolute atomic E-state index is 0.0751. The average molecular weight is 337 g/mol. The summed E-state index contributed by atoms with van der Waals surface area (Å²) in [5.74, 6) is -0.468. The summed E-state index contributed by atoms with van der Waals surface area (Å²) in [6, 6.07) is 12.5. The Kier molecular flexibility index (Phi) is 4.70. The highest BCUT2D eigenvalue weighted by Crippen LogP contribution is 2.14. The number of imidazole rings is 1. The normalized spacial score (nSPS) is 10.5. The van der Waals surface area contributed by atoms with E-state index in [1.54, 1.807) is 60.4 Å². The van der Waals surface area contributed by atoms with Crippen LogP contribution in [0.3, 0.4) is 0 Å². The van der Waals surface area contributed by atoms with Gasteiger partial charge in [-0.2, -0.15) is 0 Å². The second-order valence-corrected chi connectivity index (χ2v) is 5.62. The molecule has 0 saturated heterocycles. The molecule has 0 unspecified atom stereocenters. The molecule has 0 fully saturated rings. The Morgan fingerprint density at radius 3 is 2.56 bits per heavy atom. The number of aromatic nitrogens is 2. The Morgan fingerprint density at radius 1 is 1.16 bits per heavy atom. The summed E-state index contributed by atoms with van der Waals surface area (Å²) < 4.78 is 14.8. The van der Waals surface area contributed by atoms with E-state index in [0.717, 1.165) is 0 Å². The molecule has 6 heteroatoms. The fourth-order valence-electron chi connectivity index (χ4n) is 2.46. The second-order valence-electron chi connectivity index (χ2n) is 5.62. The maximum Gasteiger partial charge on any atom is 0.228 e. The summed E-state index contributed by atoms with van der Waals surface area (Å²) in [5, 5.41) is 2.73. The number of aryl methyl sites for hydroxylation is 1. The van der Waals surface area contributed by atoms with Crippen LogP contribution in [0.4, 0.5) is 10.1 Å². The molecule has 2 aromatic carbocycles. The van der Waals surface area contributed by atoms with E-state index in [1.165, 1.54) is 12.1 Å². The molecule has 25 heavy (non-hydrogen) atoms. The van der Waals surface area contributed by atoms with Gasteiger partial charge < -0.3 is 9.88 Å². The maximum absolute atomic E-state index is 13.1. The van der Waals surface area contributed by atoms with Gasteiger partial charge in [-0.25, -0.2) is 9.37 Å². The Bertz CT molecular complexity index is 916. The number of benzene rings is 2. The topological polar surface area (TPSA) is 64.0 Å². The number of hydrogen-bond donors (Lipinski definition) is 1. The van der Waals surface area contributed by atoms with E-state index >= 15 is 0 Å². The highest BCUT2D eigenvalue weighted by atomic mass is 19.1. The van der Waals surface area contributed by atoms with Gasteiger partial charge in [0.2, 0.25) is 11.7 Å². The van der Waals surface area contributed by atoms with Crippen molar-refractivity contribution in [3.8, 4) is 0 Å². The minimum Gasteiger partial charge on any atom is -0.331 e. The number of hydrogen-bond acceptors (Lipinski definition) is 3. The van der Waals surface area contributed by atoms with Crippen molar-refractivity contribution in [2.45, 2.75) is 6.42 Å². The van der Waals surface area contributed by atoms with Gasteiger partial charge in [0.1, 0.15) is 5.82 Å². The van der Waals surface area contributed by atoms with Crippen LogP contribution >= 0.6 is 0 Å². The van der Waals surface area contributed by atoms with Crippen molar-refractivity contribution in [3.63, 3.8) is 0 Å². The first kappa shape index (κ1) is 16.6. The van der Waals surface area contributed by atoms with Crippen molar-refractivity contribution in [2.75, 3.05) is 5.32 Å². The van der Waals surface area contributed by atoms with E-state index in [9.17, 15) is 14.0 Å². The van der Waals surface area contributed by atoms with Crippen LogP contribution in [0.15, 0.2) is 60.9 Å². The SMILES string of the molecule is Cn1ccnc1C(=O)c1ccc(NC(=O)Cc2cccc(F)c2)cc1. The van der Waals surface area contributed by atoms with Crippen LogP contribution in [-0.2, 0) is 18.3 Å². The number of anilines is 1. The van der Waals surface area contributed by atoms with Gasteiger partial charge in [-0.15, -0.1) is 0 Å². The fraction of sp³-hybridized carbons (Fsp3) is 0.105. The lowest BCUT2D eigenvalue weighted by Crippen LogP contribution is -2.14. The number of halogens is 1. The summed E-state index contributed by atoms with van der Waals surface area (Å²) in [5.41, 5.74) is 1.65. The smallest absolute Gasteiger partial charge is 0.228 e. The number of amides is 1. The Hall–Kier alpha value is -3.28. The zero-order chi connectivity index (χ0) is 17.8. The van der Waals surface area contributed by atoms with Gasteiger partial charge in [0, 0.05) is 30.7 Å². The van der Waals surface area contributed by atoms with Crippen LogP contribution in [0.2, 0.25) is 0 Å². The lowest BCUT2D eigenvalue weighted by molar-refractivity contribution is -0.115. The number of rotatable bonds is 5. The quantitative estimate of drug-likeness (QED) is 0.728. The molecule has 0 radical (unpaired) electrons. The summed E-state index contributed by atoms with van der Waals surface area (Å²) in [6.45, 7) is 0. The third-order valence-corrected chi connectivity index (χ3v) is 3.71. The van der Waals surface area contributed by atoms with E-state index in [0.29, 0.717) is 22.6 Å². The molecule has 0 aliphatic heterocycles. The van der Waals surface area contributed by atoms with Crippen LogP contribution in [0.5, 0.6) is 0 Å². The molecular formula is C19H16FN3O2. The highest BCUT2D eigenvalue weighted by molar-refractivity contribution is 6.07. The molecule has 1 heterocycles. The second kappa shape index (κ2) is 7.09. The first-order chi connectivity index (χ1) is 12.0. The molecule has 0 saturated carbocycles. The molecule has 1 amide bonds. The summed E-state index contributed by atoms with van der Waals surface area (Å²) in [4.78, 5) is 28.4. The van der Waals surface area contributed by atoms with E-state index in [2.05, 4.69) is 10.3 Å². The van der Waals surface area contributed by atoms with Gasteiger partial charge in [-0.1, -0.05) is 12.1 Å². The molecule has 0 spiro atoms. The summed E-state index contributed by atoms with van der Waals surface area (Å²) in [6.07, 6.45) is 3.34. The molecule has 0 aliphatic carbocycles. The first-order valence-electron chi connectivity index (χ1n) is 7.69. The standard InChI is InChI=1S/C19H16FN3O2/c1-23-10-9-21-19(23)18(25)14-5-7-16(8-6-14)22-17(24)12-13-3-2-4-15(20)11-13/h2-11H,12H2,1H3,(H,22,24). The third-order valence-electron chi connectivity index (χ3n) is 3.71. The van der Waals surface area contributed by atoms with E-state index in [1.807, 2.05) is 0 Å². The first-order valence-corrected chi connectivity index (χ1v) is 7.69. The molecule has 1 N–H and O–H groups in total. The Labute approximate surface area is 144 Å². The molecule has 0 atom stereocenters. The maximum atomic E-state index is 13.1. The largest absolute Gasteiger partial charge is 0.331 e. The van der Waals surface area contributed by atoms with Crippen LogP contribution in [0.25, 0.3) is 0 Å². The molecule has 5 nitrogen and oxygen atoms in total. The number of nitrogens with one attached hydrogen (secondary N) is 1.